The van der Waals surface area contributed by atoms with Gasteiger partial charge < -0.3 is 19.3 Å². The molecule has 0 aliphatic carbocycles. The van der Waals surface area contributed by atoms with Crippen LogP contribution in [0.1, 0.15) is 31.4 Å². The van der Waals surface area contributed by atoms with E-state index in [0.717, 1.165) is 41.0 Å². The Kier molecular flexibility index (Phi) is 8.74. The number of carbonyl (C=O) groups excluding carboxylic acids is 1. The van der Waals surface area contributed by atoms with E-state index in [1.807, 2.05) is 25.1 Å². The summed E-state index contributed by atoms with van der Waals surface area (Å²) in [6.07, 6.45) is 2.01. The standard InChI is InChI=1S/C24H30O5/c1-5-6-19-7-9-22(21-10-8-20(15-18(21)4)27-12-11-25)23(16-19)28-13-14-29-24(26)17(2)3/h7-10,15-16,25H,2,5-6,11-14H2,1,3-4H3. The third-order valence-corrected chi connectivity index (χ3v) is 4.36. The molecule has 1 N–H and O–H groups in total. The molecule has 29 heavy (non-hydrogen) atoms. The smallest absolute Gasteiger partial charge is 0.333 e. The van der Waals surface area contributed by atoms with Crippen LogP contribution in [0.3, 0.4) is 0 Å². The fraction of sp³-hybridized carbons (Fsp3) is 0.375. The number of aliphatic hydroxyl groups is 1. The van der Waals surface area contributed by atoms with Gasteiger partial charge in [-0.3, -0.25) is 0 Å². The highest BCUT2D eigenvalue weighted by atomic mass is 16.6. The SMILES string of the molecule is C=C(C)C(=O)OCCOc1cc(CCC)ccc1-c1ccc(OCCO)cc1C. The molecule has 0 saturated heterocycles. The van der Waals surface area contributed by atoms with Crippen LogP contribution in [-0.2, 0) is 16.0 Å². The first kappa shape index (κ1) is 22.5. The van der Waals surface area contributed by atoms with Crippen LogP contribution in [0.25, 0.3) is 11.1 Å². The van der Waals surface area contributed by atoms with E-state index in [-0.39, 0.29) is 26.4 Å². The summed E-state index contributed by atoms with van der Waals surface area (Å²) in [6, 6.07) is 12.1. The minimum absolute atomic E-state index is 0.0202. The van der Waals surface area contributed by atoms with E-state index in [1.165, 1.54) is 5.56 Å². The zero-order valence-electron chi connectivity index (χ0n) is 17.5. The molecular weight excluding hydrogens is 368 g/mol. The summed E-state index contributed by atoms with van der Waals surface area (Å²) in [6.45, 7) is 10.0. The highest BCUT2D eigenvalue weighted by Crippen LogP contribution is 2.35. The molecule has 5 nitrogen and oxygen atoms in total. The molecule has 0 bridgehead atoms. The van der Waals surface area contributed by atoms with Crippen LogP contribution < -0.4 is 9.47 Å². The van der Waals surface area contributed by atoms with Crippen molar-refractivity contribution in [2.75, 3.05) is 26.4 Å². The molecule has 0 aliphatic rings. The number of hydrogen-bond donors (Lipinski definition) is 1. The number of benzene rings is 2. The van der Waals surface area contributed by atoms with Crippen molar-refractivity contribution < 1.29 is 24.1 Å². The van der Waals surface area contributed by atoms with Gasteiger partial charge in [0.05, 0.1) is 6.61 Å². The highest BCUT2D eigenvalue weighted by molar-refractivity contribution is 5.86. The number of hydrogen-bond acceptors (Lipinski definition) is 5. The molecule has 0 amide bonds. The summed E-state index contributed by atoms with van der Waals surface area (Å²) in [4.78, 5) is 11.5. The van der Waals surface area contributed by atoms with E-state index >= 15 is 0 Å². The maximum absolute atomic E-state index is 11.5. The van der Waals surface area contributed by atoms with Crippen molar-refractivity contribution >= 4 is 5.97 Å². The third-order valence-electron chi connectivity index (χ3n) is 4.36. The van der Waals surface area contributed by atoms with Crippen molar-refractivity contribution in [3.05, 3.63) is 59.7 Å². The van der Waals surface area contributed by atoms with Crippen molar-refractivity contribution in [1.82, 2.24) is 0 Å². The molecule has 5 heteroatoms. The van der Waals surface area contributed by atoms with Crippen LogP contribution in [0.15, 0.2) is 48.6 Å². The minimum atomic E-state index is -0.414. The normalized spacial score (nSPS) is 10.5. The average Bonchev–Trinajstić information content (AvgIpc) is 2.70. The number of aryl methyl sites for hydroxylation is 2. The first-order valence-electron chi connectivity index (χ1n) is 9.89. The molecule has 0 aromatic heterocycles. The maximum atomic E-state index is 11.5. The van der Waals surface area contributed by atoms with E-state index in [9.17, 15) is 4.79 Å². The molecule has 0 fully saturated rings. The van der Waals surface area contributed by atoms with Crippen molar-refractivity contribution in [2.24, 2.45) is 0 Å². The Morgan fingerprint density at radius 1 is 1.03 bits per heavy atom. The minimum Gasteiger partial charge on any atom is -0.491 e. The monoisotopic (exact) mass is 398 g/mol. The van der Waals surface area contributed by atoms with Crippen molar-refractivity contribution in [3.8, 4) is 22.6 Å². The molecule has 2 aromatic carbocycles. The predicted octanol–water partition coefficient (Wildman–Crippen LogP) is 4.48. The lowest BCUT2D eigenvalue weighted by atomic mass is 9.97. The zero-order valence-corrected chi connectivity index (χ0v) is 17.5. The van der Waals surface area contributed by atoms with Crippen LogP contribution in [0.5, 0.6) is 11.5 Å². The van der Waals surface area contributed by atoms with E-state index in [0.29, 0.717) is 5.57 Å². The van der Waals surface area contributed by atoms with E-state index < -0.39 is 5.97 Å². The summed E-state index contributed by atoms with van der Waals surface area (Å²) in [5.74, 6) is 1.06. The van der Waals surface area contributed by atoms with Crippen molar-refractivity contribution in [1.29, 1.82) is 0 Å². The second-order valence-corrected chi connectivity index (χ2v) is 6.89. The molecule has 0 saturated carbocycles. The highest BCUT2D eigenvalue weighted by Gasteiger charge is 2.12. The summed E-state index contributed by atoms with van der Waals surface area (Å²) < 4.78 is 16.6. The van der Waals surface area contributed by atoms with Gasteiger partial charge in [-0.05, 0) is 55.2 Å². The molecule has 0 spiro atoms. The fourth-order valence-electron chi connectivity index (χ4n) is 2.95. The Labute approximate surface area is 172 Å². The van der Waals surface area contributed by atoms with Crippen LogP contribution in [0.4, 0.5) is 0 Å². The van der Waals surface area contributed by atoms with Gasteiger partial charge in [-0.15, -0.1) is 0 Å². The number of ether oxygens (including phenoxy) is 3. The summed E-state index contributed by atoms with van der Waals surface area (Å²) in [7, 11) is 0. The number of esters is 1. The second kappa shape index (κ2) is 11.3. The molecule has 2 aromatic rings. The van der Waals surface area contributed by atoms with Crippen LogP contribution in [0, 0.1) is 6.92 Å². The largest absolute Gasteiger partial charge is 0.491 e. The Bertz CT molecular complexity index is 841. The van der Waals surface area contributed by atoms with Gasteiger partial charge in [0.2, 0.25) is 0 Å². The first-order chi connectivity index (χ1) is 14.0. The Morgan fingerprint density at radius 3 is 2.45 bits per heavy atom. The quantitative estimate of drug-likeness (QED) is 0.343. The second-order valence-electron chi connectivity index (χ2n) is 6.89. The van der Waals surface area contributed by atoms with Crippen LogP contribution in [0.2, 0.25) is 0 Å². The van der Waals surface area contributed by atoms with Crippen molar-refractivity contribution in [2.45, 2.75) is 33.6 Å². The molecule has 0 aliphatic heterocycles. The Hall–Kier alpha value is -2.79. The summed E-state index contributed by atoms with van der Waals surface area (Å²) in [5, 5.41) is 8.93. The Balaban J connectivity index is 2.22. The lowest BCUT2D eigenvalue weighted by molar-refractivity contribution is -0.139. The molecule has 0 atom stereocenters. The Morgan fingerprint density at radius 2 is 1.79 bits per heavy atom. The van der Waals surface area contributed by atoms with Crippen LogP contribution in [-0.4, -0.2) is 37.5 Å². The predicted molar refractivity (Wildman–Crippen MR) is 114 cm³/mol. The first-order valence-corrected chi connectivity index (χ1v) is 9.89. The van der Waals surface area contributed by atoms with E-state index in [4.69, 9.17) is 19.3 Å². The summed E-state index contributed by atoms with van der Waals surface area (Å²) in [5.41, 5.74) is 4.63. The lowest BCUT2D eigenvalue weighted by Gasteiger charge is -2.16. The van der Waals surface area contributed by atoms with Gasteiger partial charge in [0, 0.05) is 11.1 Å². The van der Waals surface area contributed by atoms with Gasteiger partial charge >= 0.3 is 5.97 Å². The number of rotatable bonds is 11. The van der Waals surface area contributed by atoms with Gasteiger partial charge in [-0.1, -0.05) is 38.1 Å². The fourth-order valence-corrected chi connectivity index (χ4v) is 2.95. The molecule has 0 heterocycles. The molecule has 0 radical (unpaired) electrons. The van der Waals surface area contributed by atoms with Gasteiger partial charge in [0.1, 0.15) is 31.3 Å². The van der Waals surface area contributed by atoms with E-state index in [2.05, 4.69) is 31.7 Å². The number of aliphatic hydroxyl groups excluding tert-OH is 1. The van der Waals surface area contributed by atoms with Crippen LogP contribution >= 0.6 is 0 Å². The molecular formula is C24H30O5. The van der Waals surface area contributed by atoms with Gasteiger partial charge in [0.15, 0.2) is 0 Å². The molecule has 0 unspecified atom stereocenters. The number of carbonyl (C=O) groups is 1. The van der Waals surface area contributed by atoms with Gasteiger partial charge in [-0.25, -0.2) is 4.79 Å². The van der Waals surface area contributed by atoms with Gasteiger partial charge in [-0.2, -0.15) is 0 Å². The molecule has 2 rings (SSSR count). The van der Waals surface area contributed by atoms with Gasteiger partial charge in [0.25, 0.3) is 0 Å². The third kappa shape index (κ3) is 6.64. The zero-order chi connectivity index (χ0) is 21.2. The summed E-state index contributed by atoms with van der Waals surface area (Å²) >= 11 is 0. The molecule has 156 valence electrons. The topological polar surface area (TPSA) is 65.0 Å². The van der Waals surface area contributed by atoms with Crippen molar-refractivity contribution in [3.63, 3.8) is 0 Å². The average molecular weight is 398 g/mol. The van der Waals surface area contributed by atoms with E-state index in [1.54, 1.807) is 6.92 Å². The lowest BCUT2D eigenvalue weighted by Crippen LogP contribution is -2.12. The maximum Gasteiger partial charge on any atom is 0.333 e.